The van der Waals surface area contributed by atoms with E-state index in [4.69, 9.17) is 4.74 Å². The van der Waals surface area contributed by atoms with Crippen molar-refractivity contribution in [2.24, 2.45) is 5.92 Å². The Balaban J connectivity index is 2.28. The second-order valence-corrected chi connectivity index (χ2v) is 3.60. The van der Waals surface area contributed by atoms with Crippen LogP contribution in [0.4, 0.5) is 0 Å². The molecular formula is C11H14O2. The summed E-state index contributed by atoms with van der Waals surface area (Å²) in [6.07, 6.45) is 7.24. The Labute approximate surface area is 78.3 Å². The second kappa shape index (κ2) is 3.46. The predicted molar refractivity (Wildman–Crippen MR) is 50.4 cm³/mol. The Hall–Kier alpha value is -0.890. The minimum atomic E-state index is 0.258. The molecule has 70 valence electrons. The largest absolute Gasteiger partial charge is 0.373 e. The Morgan fingerprint density at radius 3 is 3.23 bits per heavy atom. The fourth-order valence-electron chi connectivity index (χ4n) is 2.13. The van der Waals surface area contributed by atoms with Gasteiger partial charge in [0, 0.05) is 18.1 Å². The van der Waals surface area contributed by atoms with Gasteiger partial charge in [0.25, 0.3) is 0 Å². The van der Waals surface area contributed by atoms with E-state index in [-0.39, 0.29) is 6.10 Å². The van der Waals surface area contributed by atoms with Crippen LogP contribution in [-0.4, -0.2) is 19.0 Å². The first-order chi connectivity index (χ1) is 6.35. The normalized spacial score (nSPS) is 32.1. The lowest BCUT2D eigenvalue weighted by atomic mass is 9.86. The van der Waals surface area contributed by atoms with Crippen LogP contribution in [0.15, 0.2) is 23.3 Å². The Kier molecular flexibility index (Phi) is 2.32. The highest BCUT2D eigenvalue weighted by molar-refractivity contribution is 5.78. The van der Waals surface area contributed by atoms with Crippen LogP contribution in [0.2, 0.25) is 0 Å². The van der Waals surface area contributed by atoms with E-state index in [0.717, 1.165) is 31.3 Å². The first-order valence-corrected chi connectivity index (χ1v) is 4.84. The van der Waals surface area contributed by atoms with E-state index < -0.39 is 0 Å². The summed E-state index contributed by atoms with van der Waals surface area (Å²) in [5, 5.41) is 0. The highest BCUT2D eigenvalue weighted by atomic mass is 16.5. The second-order valence-electron chi connectivity index (χ2n) is 3.60. The number of hydrogen-bond donors (Lipinski definition) is 0. The molecule has 1 fully saturated rings. The molecule has 0 aromatic rings. The molecule has 0 N–H and O–H groups in total. The predicted octanol–water partition coefficient (Wildman–Crippen LogP) is 1.87. The number of hydrogen-bond acceptors (Lipinski definition) is 2. The number of aldehydes is 1. The van der Waals surface area contributed by atoms with Crippen LogP contribution in [0.3, 0.4) is 0 Å². The lowest BCUT2D eigenvalue weighted by Gasteiger charge is -2.22. The molecule has 2 nitrogen and oxygen atoms in total. The molecule has 1 saturated heterocycles. The van der Waals surface area contributed by atoms with Gasteiger partial charge in [0.15, 0.2) is 0 Å². The monoisotopic (exact) mass is 178 g/mol. The van der Waals surface area contributed by atoms with Crippen LogP contribution >= 0.6 is 0 Å². The average molecular weight is 178 g/mol. The quantitative estimate of drug-likeness (QED) is 0.603. The van der Waals surface area contributed by atoms with Crippen molar-refractivity contribution in [2.75, 3.05) is 6.61 Å². The van der Waals surface area contributed by atoms with E-state index in [0.29, 0.717) is 5.92 Å². The van der Waals surface area contributed by atoms with Gasteiger partial charge in [-0.25, -0.2) is 0 Å². The smallest absolute Gasteiger partial charge is 0.149 e. The summed E-state index contributed by atoms with van der Waals surface area (Å²) in [4.78, 5) is 10.7. The Bertz CT molecular complexity index is 276. The standard InChI is InChI=1S/C11H14O2/c1-2-9-5-8(7-12)6-10-3-4-13-11(9)10/h5-7,10-11H,2-4H2,1H3. The molecule has 2 atom stereocenters. The fraction of sp³-hybridized carbons (Fsp3) is 0.545. The van der Waals surface area contributed by atoms with Crippen molar-refractivity contribution in [1.29, 1.82) is 0 Å². The highest BCUT2D eigenvalue weighted by Crippen LogP contribution is 2.33. The Morgan fingerprint density at radius 2 is 2.54 bits per heavy atom. The maximum atomic E-state index is 10.7. The van der Waals surface area contributed by atoms with Crippen LogP contribution in [0.25, 0.3) is 0 Å². The maximum absolute atomic E-state index is 10.7. The molecule has 0 aromatic carbocycles. The van der Waals surface area contributed by atoms with E-state index in [1.165, 1.54) is 5.57 Å². The van der Waals surface area contributed by atoms with Gasteiger partial charge in [0.1, 0.15) is 6.29 Å². The molecule has 0 amide bonds. The van der Waals surface area contributed by atoms with Gasteiger partial charge in [0.05, 0.1) is 6.10 Å². The van der Waals surface area contributed by atoms with E-state index in [2.05, 4.69) is 6.92 Å². The van der Waals surface area contributed by atoms with Gasteiger partial charge in [0.2, 0.25) is 0 Å². The van der Waals surface area contributed by atoms with Gasteiger partial charge in [-0.1, -0.05) is 19.1 Å². The lowest BCUT2D eigenvalue weighted by Crippen LogP contribution is -2.20. The average Bonchev–Trinajstić information content (AvgIpc) is 2.63. The van der Waals surface area contributed by atoms with Gasteiger partial charge in [-0.2, -0.15) is 0 Å². The lowest BCUT2D eigenvalue weighted by molar-refractivity contribution is -0.104. The molecule has 1 aliphatic heterocycles. The van der Waals surface area contributed by atoms with Gasteiger partial charge in [-0.3, -0.25) is 4.79 Å². The molecule has 1 heterocycles. The molecule has 0 radical (unpaired) electrons. The summed E-state index contributed by atoms with van der Waals surface area (Å²) < 4.78 is 5.62. The summed E-state index contributed by atoms with van der Waals surface area (Å²) in [5.74, 6) is 0.445. The first kappa shape index (κ1) is 8.70. The van der Waals surface area contributed by atoms with Gasteiger partial charge < -0.3 is 4.74 Å². The summed E-state index contributed by atoms with van der Waals surface area (Å²) in [5.41, 5.74) is 2.09. The molecule has 13 heavy (non-hydrogen) atoms. The van der Waals surface area contributed by atoms with Crippen molar-refractivity contribution >= 4 is 6.29 Å². The summed E-state index contributed by atoms with van der Waals surface area (Å²) in [6, 6.07) is 0. The van der Waals surface area contributed by atoms with Crippen LogP contribution in [-0.2, 0) is 9.53 Å². The Morgan fingerprint density at radius 1 is 1.69 bits per heavy atom. The molecule has 0 spiro atoms. The van der Waals surface area contributed by atoms with E-state index >= 15 is 0 Å². The van der Waals surface area contributed by atoms with E-state index in [1.54, 1.807) is 0 Å². The molecule has 1 aliphatic carbocycles. The van der Waals surface area contributed by atoms with E-state index in [1.807, 2.05) is 12.2 Å². The van der Waals surface area contributed by atoms with Gasteiger partial charge >= 0.3 is 0 Å². The SMILES string of the molecule is CCC1=CC(C=O)=CC2CCOC12. The van der Waals surface area contributed by atoms with Crippen molar-refractivity contribution in [2.45, 2.75) is 25.9 Å². The first-order valence-electron chi connectivity index (χ1n) is 4.84. The van der Waals surface area contributed by atoms with Gasteiger partial charge in [-0.05, 0) is 18.4 Å². The van der Waals surface area contributed by atoms with Crippen molar-refractivity contribution in [3.05, 3.63) is 23.3 Å². The van der Waals surface area contributed by atoms with Gasteiger partial charge in [-0.15, -0.1) is 0 Å². The third-order valence-corrected chi connectivity index (χ3v) is 2.81. The third-order valence-electron chi connectivity index (χ3n) is 2.81. The van der Waals surface area contributed by atoms with Crippen LogP contribution in [0.1, 0.15) is 19.8 Å². The number of allylic oxidation sites excluding steroid dienone is 2. The molecule has 2 rings (SSSR count). The third kappa shape index (κ3) is 1.46. The highest BCUT2D eigenvalue weighted by Gasteiger charge is 2.31. The number of carbonyl (C=O) groups is 1. The zero-order valence-corrected chi connectivity index (χ0v) is 7.82. The summed E-state index contributed by atoms with van der Waals surface area (Å²) in [7, 11) is 0. The minimum Gasteiger partial charge on any atom is -0.373 e. The number of carbonyl (C=O) groups excluding carboxylic acids is 1. The maximum Gasteiger partial charge on any atom is 0.149 e. The molecule has 2 heteroatoms. The number of rotatable bonds is 2. The zero-order valence-electron chi connectivity index (χ0n) is 7.82. The minimum absolute atomic E-state index is 0.258. The summed E-state index contributed by atoms with van der Waals surface area (Å²) >= 11 is 0. The summed E-state index contributed by atoms with van der Waals surface area (Å²) in [6.45, 7) is 2.94. The van der Waals surface area contributed by atoms with E-state index in [9.17, 15) is 4.79 Å². The van der Waals surface area contributed by atoms with Crippen LogP contribution in [0.5, 0.6) is 0 Å². The fourth-order valence-corrected chi connectivity index (χ4v) is 2.13. The zero-order chi connectivity index (χ0) is 9.26. The van der Waals surface area contributed by atoms with Crippen molar-refractivity contribution in [3.8, 4) is 0 Å². The number of ether oxygens (including phenoxy) is 1. The molecule has 2 aliphatic rings. The molecule has 0 saturated carbocycles. The van der Waals surface area contributed by atoms with Crippen LogP contribution < -0.4 is 0 Å². The number of fused-ring (bicyclic) bond motifs is 1. The molecular weight excluding hydrogens is 164 g/mol. The van der Waals surface area contributed by atoms with Crippen molar-refractivity contribution in [3.63, 3.8) is 0 Å². The topological polar surface area (TPSA) is 26.3 Å². The van der Waals surface area contributed by atoms with Crippen LogP contribution in [0, 0.1) is 5.92 Å². The van der Waals surface area contributed by atoms with Crippen molar-refractivity contribution in [1.82, 2.24) is 0 Å². The molecule has 0 bridgehead atoms. The van der Waals surface area contributed by atoms with Crippen molar-refractivity contribution < 1.29 is 9.53 Å². The molecule has 2 unspecified atom stereocenters. The molecule has 0 aromatic heterocycles.